The minimum Gasteiger partial charge on any atom is -0.352 e. The second-order valence-corrected chi connectivity index (χ2v) is 10.9. The fraction of sp³-hybridized carbons (Fsp3) is 0.464. The molecule has 4 saturated carbocycles. The van der Waals surface area contributed by atoms with Crippen LogP contribution in [0, 0.1) is 24.2 Å². The number of hydrogen-bond donors (Lipinski definition) is 1. The summed E-state index contributed by atoms with van der Waals surface area (Å²) in [5.41, 5.74) is 5.05. The molecule has 2 aromatic carbocycles. The molecule has 1 heterocycles. The van der Waals surface area contributed by atoms with Crippen LogP contribution < -0.4 is 5.32 Å². The van der Waals surface area contributed by atoms with Crippen LogP contribution in [0.25, 0.3) is 0 Å². The van der Waals surface area contributed by atoms with E-state index in [0.29, 0.717) is 24.9 Å². The van der Waals surface area contributed by atoms with Gasteiger partial charge in [0.2, 0.25) is 5.91 Å². The van der Waals surface area contributed by atoms with Crippen LogP contribution in [0.3, 0.4) is 0 Å². The first-order valence-corrected chi connectivity index (χ1v) is 12.3. The number of rotatable bonds is 6. The third kappa shape index (κ3) is 3.68. The first kappa shape index (κ1) is 20.6. The number of amides is 1. The summed E-state index contributed by atoms with van der Waals surface area (Å²) in [5, 5.41) is 7.60. The molecule has 170 valence electrons. The van der Waals surface area contributed by atoms with Crippen molar-refractivity contribution in [1.29, 1.82) is 0 Å². The van der Waals surface area contributed by atoms with E-state index in [0.717, 1.165) is 24.8 Å². The Balaban J connectivity index is 1.22. The largest absolute Gasteiger partial charge is 0.352 e. The minimum atomic E-state index is -0.212. The monoisotopic (exact) mass is 440 g/mol. The maximum Gasteiger partial charge on any atom is 0.226 e. The van der Waals surface area contributed by atoms with Crippen LogP contribution in [-0.4, -0.2) is 20.7 Å². The maximum atomic E-state index is 13.8. The molecule has 4 bridgehead atoms. The molecule has 5 heteroatoms. The predicted molar refractivity (Wildman–Crippen MR) is 127 cm³/mol. The highest BCUT2D eigenvalue weighted by Gasteiger charge is 2.60. The standard InChI is InChI=1S/C28H32N4O/c1-20-6-8-25(9-7-20)27-11-21-10-22(12-27)14-28(13-21,17-27)26(33)30-15-23-4-2-3-5-24(23)16-32-19-29-18-31-32/h2-9,18-19,21-22H,10-17H2,1H3,(H,30,33). The van der Waals surface area contributed by atoms with Gasteiger partial charge in [-0.3, -0.25) is 4.79 Å². The number of nitrogens with one attached hydrogen (secondary N) is 1. The molecule has 0 saturated heterocycles. The molecule has 0 radical (unpaired) electrons. The quantitative estimate of drug-likeness (QED) is 0.600. The van der Waals surface area contributed by atoms with Crippen molar-refractivity contribution >= 4 is 5.91 Å². The van der Waals surface area contributed by atoms with Gasteiger partial charge >= 0.3 is 0 Å². The van der Waals surface area contributed by atoms with Crippen LogP contribution in [0.5, 0.6) is 0 Å². The van der Waals surface area contributed by atoms with Gasteiger partial charge in [0.25, 0.3) is 0 Å². The first-order chi connectivity index (χ1) is 16.0. The number of aromatic nitrogens is 3. The highest BCUT2D eigenvalue weighted by molar-refractivity contribution is 5.83. The smallest absolute Gasteiger partial charge is 0.226 e. The molecule has 2 atom stereocenters. The minimum absolute atomic E-state index is 0.181. The number of nitrogens with zero attached hydrogens (tertiary/aromatic N) is 3. The molecule has 7 rings (SSSR count). The SMILES string of the molecule is Cc1ccc(C23CC4CC(CC(C(=O)NCc5ccccc5Cn5cncn5)(C4)C2)C3)cc1. The van der Waals surface area contributed by atoms with E-state index in [9.17, 15) is 4.79 Å². The lowest BCUT2D eigenvalue weighted by molar-refractivity contribution is -0.149. The summed E-state index contributed by atoms with van der Waals surface area (Å²) >= 11 is 0. The molecule has 1 aromatic heterocycles. The van der Waals surface area contributed by atoms with Gasteiger partial charge in [-0.25, -0.2) is 9.67 Å². The van der Waals surface area contributed by atoms with Crippen molar-refractivity contribution in [3.05, 3.63) is 83.4 Å². The zero-order chi connectivity index (χ0) is 22.5. The Hall–Kier alpha value is -2.95. The molecule has 2 unspecified atom stereocenters. The Morgan fingerprint density at radius 1 is 1.03 bits per heavy atom. The molecular weight excluding hydrogens is 408 g/mol. The number of hydrogen-bond acceptors (Lipinski definition) is 3. The van der Waals surface area contributed by atoms with Crippen molar-refractivity contribution < 1.29 is 4.79 Å². The van der Waals surface area contributed by atoms with Gasteiger partial charge in [0.1, 0.15) is 12.7 Å². The molecule has 4 fully saturated rings. The van der Waals surface area contributed by atoms with Gasteiger partial charge in [0, 0.05) is 6.54 Å². The first-order valence-electron chi connectivity index (χ1n) is 12.3. The highest BCUT2D eigenvalue weighted by Crippen LogP contribution is 2.65. The predicted octanol–water partition coefficient (Wildman–Crippen LogP) is 4.79. The molecule has 0 spiro atoms. The third-order valence-electron chi connectivity index (χ3n) is 8.56. The molecule has 33 heavy (non-hydrogen) atoms. The Morgan fingerprint density at radius 2 is 1.76 bits per heavy atom. The van der Waals surface area contributed by atoms with Crippen LogP contribution >= 0.6 is 0 Å². The van der Waals surface area contributed by atoms with E-state index < -0.39 is 0 Å². The van der Waals surface area contributed by atoms with E-state index in [-0.39, 0.29) is 16.7 Å². The summed E-state index contributed by atoms with van der Waals surface area (Å²) in [7, 11) is 0. The van der Waals surface area contributed by atoms with E-state index in [4.69, 9.17) is 0 Å². The van der Waals surface area contributed by atoms with Crippen LogP contribution in [-0.2, 0) is 23.3 Å². The van der Waals surface area contributed by atoms with Gasteiger partial charge in [0.05, 0.1) is 12.0 Å². The normalized spacial score (nSPS) is 29.8. The van der Waals surface area contributed by atoms with E-state index >= 15 is 0 Å². The van der Waals surface area contributed by atoms with Crippen molar-refractivity contribution in [3.63, 3.8) is 0 Å². The lowest BCUT2D eigenvalue weighted by Gasteiger charge is -2.61. The second kappa shape index (κ2) is 7.82. The summed E-state index contributed by atoms with van der Waals surface area (Å²) < 4.78 is 1.82. The lowest BCUT2D eigenvalue weighted by atomic mass is 9.42. The Labute approximate surface area is 195 Å². The molecule has 4 aliphatic carbocycles. The fourth-order valence-corrected chi connectivity index (χ4v) is 7.51. The molecule has 4 aliphatic rings. The van der Waals surface area contributed by atoms with Gasteiger partial charge in [0.15, 0.2) is 0 Å². The van der Waals surface area contributed by atoms with Gasteiger partial charge in [-0.1, -0.05) is 54.1 Å². The average molecular weight is 441 g/mol. The average Bonchev–Trinajstić information content (AvgIpc) is 3.31. The van der Waals surface area contributed by atoms with Gasteiger partial charge < -0.3 is 5.32 Å². The molecule has 0 aliphatic heterocycles. The molecule has 5 nitrogen and oxygen atoms in total. The number of carbonyl (C=O) groups excluding carboxylic acids is 1. The Kier molecular flexibility index (Phi) is 4.89. The second-order valence-electron chi connectivity index (χ2n) is 10.9. The zero-order valence-electron chi connectivity index (χ0n) is 19.3. The van der Waals surface area contributed by atoms with Crippen molar-refractivity contribution in [2.75, 3.05) is 0 Å². The Bertz CT molecular complexity index is 1140. The lowest BCUT2D eigenvalue weighted by Crippen LogP contribution is -2.59. The van der Waals surface area contributed by atoms with Gasteiger partial charge in [-0.15, -0.1) is 0 Å². The van der Waals surface area contributed by atoms with Crippen LogP contribution in [0.2, 0.25) is 0 Å². The topological polar surface area (TPSA) is 59.8 Å². The zero-order valence-corrected chi connectivity index (χ0v) is 19.3. The maximum absolute atomic E-state index is 13.8. The van der Waals surface area contributed by atoms with Crippen molar-refractivity contribution in [2.24, 2.45) is 17.3 Å². The third-order valence-corrected chi connectivity index (χ3v) is 8.56. The van der Waals surface area contributed by atoms with E-state index in [1.165, 1.54) is 36.0 Å². The van der Waals surface area contributed by atoms with Crippen LogP contribution in [0.1, 0.15) is 60.8 Å². The van der Waals surface area contributed by atoms with E-state index in [1.54, 1.807) is 12.7 Å². The van der Waals surface area contributed by atoms with E-state index in [2.05, 4.69) is 58.7 Å². The number of carbonyl (C=O) groups is 1. The van der Waals surface area contributed by atoms with Crippen LogP contribution in [0.15, 0.2) is 61.2 Å². The van der Waals surface area contributed by atoms with E-state index in [1.807, 2.05) is 16.8 Å². The van der Waals surface area contributed by atoms with Crippen LogP contribution in [0.4, 0.5) is 0 Å². The fourth-order valence-electron chi connectivity index (χ4n) is 7.51. The molecular formula is C28H32N4O. The molecule has 1 amide bonds. The Morgan fingerprint density at radius 3 is 2.45 bits per heavy atom. The summed E-state index contributed by atoms with van der Waals surface area (Å²) in [6.07, 6.45) is 10.2. The van der Waals surface area contributed by atoms with Crippen molar-refractivity contribution in [2.45, 2.75) is 64.0 Å². The number of benzene rings is 2. The summed E-state index contributed by atoms with van der Waals surface area (Å²) in [6.45, 7) is 3.38. The molecule has 1 N–H and O–H groups in total. The summed E-state index contributed by atoms with van der Waals surface area (Å²) in [4.78, 5) is 17.8. The van der Waals surface area contributed by atoms with Gasteiger partial charge in [-0.2, -0.15) is 5.10 Å². The summed E-state index contributed by atoms with van der Waals surface area (Å²) in [6, 6.07) is 17.5. The van der Waals surface area contributed by atoms with Gasteiger partial charge in [-0.05, 0) is 79.4 Å². The van der Waals surface area contributed by atoms with Crippen molar-refractivity contribution in [3.8, 4) is 0 Å². The molecule has 3 aromatic rings. The number of aryl methyl sites for hydroxylation is 1. The summed E-state index contributed by atoms with van der Waals surface area (Å²) in [5.74, 6) is 1.62. The highest BCUT2D eigenvalue weighted by atomic mass is 16.2. The van der Waals surface area contributed by atoms with Crippen molar-refractivity contribution in [1.82, 2.24) is 20.1 Å².